The molecule has 0 bridgehead atoms. The number of anilines is 2. The lowest BCUT2D eigenvalue weighted by molar-refractivity contribution is -0.123. The van der Waals surface area contributed by atoms with Crippen molar-refractivity contribution < 1.29 is 14.3 Å². The second-order valence-corrected chi connectivity index (χ2v) is 12.1. The molecule has 3 aromatic rings. The summed E-state index contributed by atoms with van der Waals surface area (Å²) in [5.74, 6) is 0.865. The number of hydrogen-bond donors (Lipinski definition) is 1. The number of benzene rings is 2. The van der Waals surface area contributed by atoms with E-state index in [4.69, 9.17) is 4.74 Å². The van der Waals surface area contributed by atoms with Crippen molar-refractivity contribution >= 4 is 56.4 Å². The topological polar surface area (TPSA) is 61.9 Å². The number of amides is 2. The number of carbonyl (C=O) groups is 2. The Morgan fingerprint density at radius 1 is 1.19 bits per heavy atom. The molecule has 3 aliphatic rings. The molecule has 0 radical (unpaired) electrons. The first kappa shape index (κ1) is 24.9. The predicted octanol–water partition coefficient (Wildman–Crippen LogP) is 5.27. The maximum absolute atomic E-state index is 14.3. The molecule has 0 unspecified atom stereocenters. The Morgan fingerprint density at radius 2 is 2.05 bits per heavy atom. The van der Waals surface area contributed by atoms with Gasteiger partial charge in [-0.15, -0.1) is 23.1 Å². The Hall–Kier alpha value is -2.39. The maximum atomic E-state index is 14.3. The fourth-order valence-corrected chi connectivity index (χ4v) is 7.70. The Labute approximate surface area is 226 Å². The molecule has 8 heteroatoms. The van der Waals surface area contributed by atoms with E-state index in [1.54, 1.807) is 30.2 Å². The molecular formula is C29H33N3O3S2. The van der Waals surface area contributed by atoms with Crippen molar-refractivity contribution in [2.75, 3.05) is 48.9 Å². The van der Waals surface area contributed by atoms with Gasteiger partial charge in [-0.2, -0.15) is 0 Å². The number of methoxy groups -OCH3 is 1. The van der Waals surface area contributed by atoms with E-state index in [-0.39, 0.29) is 29.7 Å². The summed E-state index contributed by atoms with van der Waals surface area (Å²) >= 11 is 3.36. The molecule has 1 aromatic heterocycles. The second kappa shape index (κ2) is 10.8. The zero-order valence-electron chi connectivity index (χ0n) is 21.2. The summed E-state index contributed by atoms with van der Waals surface area (Å²) < 4.78 is 6.51. The second-order valence-electron chi connectivity index (χ2n) is 10.2. The lowest BCUT2D eigenvalue weighted by Crippen LogP contribution is -2.47. The van der Waals surface area contributed by atoms with Crippen LogP contribution in [-0.2, 0) is 14.3 Å². The highest BCUT2D eigenvalue weighted by Crippen LogP contribution is 2.44. The summed E-state index contributed by atoms with van der Waals surface area (Å²) in [7, 11) is 1.69. The highest BCUT2D eigenvalue weighted by Gasteiger charge is 2.42. The Morgan fingerprint density at radius 3 is 2.89 bits per heavy atom. The molecular weight excluding hydrogens is 502 g/mol. The molecule has 2 aromatic carbocycles. The number of thiophene rings is 1. The molecule has 194 valence electrons. The average molecular weight is 536 g/mol. The number of nitrogens with zero attached hydrogens (tertiary/aromatic N) is 2. The first-order chi connectivity index (χ1) is 18.2. The van der Waals surface area contributed by atoms with Gasteiger partial charge in [-0.3, -0.25) is 9.59 Å². The van der Waals surface area contributed by atoms with E-state index in [1.807, 2.05) is 4.90 Å². The molecule has 2 fully saturated rings. The van der Waals surface area contributed by atoms with E-state index in [1.165, 1.54) is 15.6 Å². The molecule has 1 saturated carbocycles. The third-order valence-electron chi connectivity index (χ3n) is 7.75. The fourth-order valence-electron chi connectivity index (χ4n) is 5.76. The number of carbonyl (C=O) groups excluding carboxylic acids is 2. The van der Waals surface area contributed by atoms with Crippen LogP contribution in [0.3, 0.4) is 0 Å². The summed E-state index contributed by atoms with van der Waals surface area (Å²) in [5, 5.41) is 7.05. The smallest absolute Gasteiger partial charge is 0.237 e. The number of fused-ring (bicyclic) bond motifs is 2. The summed E-state index contributed by atoms with van der Waals surface area (Å²) in [6.07, 6.45) is 3.80. The number of rotatable bonds is 8. The molecule has 6 rings (SSSR count). The zero-order chi connectivity index (χ0) is 25.4. The van der Waals surface area contributed by atoms with Gasteiger partial charge in [0, 0.05) is 48.1 Å². The minimum Gasteiger partial charge on any atom is -0.385 e. The van der Waals surface area contributed by atoms with Crippen molar-refractivity contribution in [3.63, 3.8) is 0 Å². The summed E-state index contributed by atoms with van der Waals surface area (Å²) in [5.41, 5.74) is 3.15. The molecule has 1 saturated heterocycles. The van der Waals surface area contributed by atoms with Crippen LogP contribution >= 0.6 is 23.1 Å². The van der Waals surface area contributed by atoms with Gasteiger partial charge in [0.1, 0.15) is 0 Å². The van der Waals surface area contributed by atoms with Gasteiger partial charge in [-0.1, -0.05) is 18.2 Å². The van der Waals surface area contributed by atoms with E-state index in [0.717, 1.165) is 48.5 Å². The quantitative estimate of drug-likeness (QED) is 0.399. The minimum absolute atomic E-state index is 0.114. The number of piperidine rings is 1. The van der Waals surface area contributed by atoms with Crippen LogP contribution in [-0.4, -0.2) is 57.0 Å². The van der Waals surface area contributed by atoms with Crippen molar-refractivity contribution in [3.8, 4) is 0 Å². The Bertz CT molecular complexity index is 1300. The van der Waals surface area contributed by atoms with Crippen LogP contribution in [0.4, 0.5) is 11.4 Å². The van der Waals surface area contributed by atoms with Crippen molar-refractivity contribution in [3.05, 3.63) is 53.4 Å². The van der Waals surface area contributed by atoms with Gasteiger partial charge >= 0.3 is 0 Å². The van der Waals surface area contributed by atoms with Gasteiger partial charge < -0.3 is 19.9 Å². The first-order valence-corrected chi connectivity index (χ1v) is 15.1. The lowest BCUT2D eigenvalue weighted by Gasteiger charge is -2.36. The molecule has 37 heavy (non-hydrogen) atoms. The van der Waals surface area contributed by atoms with Gasteiger partial charge in [0.25, 0.3) is 0 Å². The van der Waals surface area contributed by atoms with Crippen molar-refractivity contribution in [2.24, 2.45) is 5.92 Å². The van der Waals surface area contributed by atoms with E-state index in [9.17, 15) is 9.59 Å². The largest absolute Gasteiger partial charge is 0.385 e. The third-order valence-corrected chi connectivity index (χ3v) is 9.78. The minimum atomic E-state index is -0.114. The van der Waals surface area contributed by atoms with Crippen LogP contribution in [0.25, 0.3) is 10.1 Å². The molecule has 3 heterocycles. The number of nitrogens with one attached hydrogen (secondary N) is 1. The van der Waals surface area contributed by atoms with Crippen molar-refractivity contribution in [1.29, 1.82) is 0 Å². The highest BCUT2D eigenvalue weighted by atomic mass is 32.2. The normalized spacial score (nSPS) is 21.8. The van der Waals surface area contributed by atoms with Gasteiger partial charge in [0.05, 0.1) is 17.4 Å². The van der Waals surface area contributed by atoms with Gasteiger partial charge in [-0.25, -0.2) is 0 Å². The first-order valence-electron chi connectivity index (χ1n) is 13.2. The zero-order valence-corrected chi connectivity index (χ0v) is 22.8. The lowest BCUT2D eigenvalue weighted by atomic mass is 9.80. The van der Waals surface area contributed by atoms with E-state index >= 15 is 0 Å². The van der Waals surface area contributed by atoms with Crippen LogP contribution < -0.4 is 15.1 Å². The van der Waals surface area contributed by atoms with E-state index in [2.05, 4.69) is 58.1 Å². The molecule has 2 amide bonds. The van der Waals surface area contributed by atoms with Crippen LogP contribution in [0.2, 0.25) is 0 Å². The molecule has 1 aliphatic carbocycles. The molecule has 0 spiro atoms. The molecule has 6 nitrogen and oxygen atoms in total. The number of thioether (sulfide) groups is 1. The number of hydrogen-bond acceptors (Lipinski definition) is 6. The molecule has 1 N–H and O–H groups in total. The highest BCUT2D eigenvalue weighted by molar-refractivity contribution is 8.00. The van der Waals surface area contributed by atoms with Crippen LogP contribution in [0.15, 0.2) is 52.7 Å². The van der Waals surface area contributed by atoms with Gasteiger partial charge in [0.15, 0.2) is 0 Å². The summed E-state index contributed by atoms with van der Waals surface area (Å²) in [6.45, 7) is 2.86. The van der Waals surface area contributed by atoms with Crippen LogP contribution in [0, 0.1) is 5.92 Å². The Kier molecular flexibility index (Phi) is 7.25. The predicted molar refractivity (Wildman–Crippen MR) is 152 cm³/mol. The monoisotopic (exact) mass is 535 g/mol. The van der Waals surface area contributed by atoms with Crippen molar-refractivity contribution in [1.82, 2.24) is 5.32 Å². The van der Waals surface area contributed by atoms with Crippen LogP contribution in [0.5, 0.6) is 0 Å². The molecule has 2 atom stereocenters. The summed E-state index contributed by atoms with van der Waals surface area (Å²) in [6, 6.07) is 15.0. The van der Waals surface area contributed by atoms with Gasteiger partial charge in [-0.05, 0) is 78.7 Å². The van der Waals surface area contributed by atoms with Crippen LogP contribution in [0.1, 0.15) is 37.2 Å². The fraction of sp³-hybridized carbons (Fsp3) is 0.448. The maximum Gasteiger partial charge on any atom is 0.237 e. The Balaban J connectivity index is 1.32. The standard InChI is InChI=1S/C29H33N3O3S2/c1-35-14-4-13-31-25-15-20(9-10-27(25)37-18-28(31)33)32(19-7-8-19)29(34)23-16-30-12-11-21(23)24-17-36-26-6-3-2-5-22(24)26/h2-3,5-6,9-10,15,17,19,21,23,30H,4,7-8,11-14,16,18H2,1H3/t21-,23-/m0/s1. The summed E-state index contributed by atoms with van der Waals surface area (Å²) in [4.78, 5) is 32.2. The third kappa shape index (κ3) is 4.92. The average Bonchev–Trinajstić information content (AvgIpc) is 3.67. The SMILES string of the molecule is COCCCN1C(=O)CSc2ccc(N(C(=O)[C@H]3CNCC[C@@H]3c3csc4ccccc34)C3CC3)cc21. The number of ether oxygens (including phenoxy) is 1. The van der Waals surface area contributed by atoms with E-state index < -0.39 is 0 Å². The van der Waals surface area contributed by atoms with E-state index in [0.29, 0.717) is 25.4 Å². The van der Waals surface area contributed by atoms with Crippen molar-refractivity contribution in [2.45, 2.75) is 42.5 Å². The molecule has 2 aliphatic heterocycles. The van der Waals surface area contributed by atoms with Gasteiger partial charge in [0.2, 0.25) is 11.8 Å².